The van der Waals surface area contributed by atoms with Crippen molar-refractivity contribution >= 4 is 5.69 Å². The van der Waals surface area contributed by atoms with Gasteiger partial charge in [0.1, 0.15) is 6.61 Å². The highest BCUT2D eigenvalue weighted by Gasteiger charge is 2.28. The normalized spacial score (nSPS) is 18.8. The van der Waals surface area contributed by atoms with Crippen molar-refractivity contribution in [2.45, 2.75) is 25.7 Å². The fourth-order valence-electron chi connectivity index (χ4n) is 1.79. The number of methoxy groups -OCH3 is 1. The molecule has 1 aliphatic rings. The minimum atomic E-state index is -0.491. The number of nitrogens with zero attached hydrogens (tertiary/aromatic N) is 1. The van der Waals surface area contributed by atoms with Gasteiger partial charge in [-0.05, 0) is 19.9 Å². The Hall–Kier alpha value is -1.37. The van der Waals surface area contributed by atoms with Gasteiger partial charge in [0.05, 0.1) is 37.7 Å². The maximum atomic E-state index is 5.60. The van der Waals surface area contributed by atoms with Gasteiger partial charge in [0, 0.05) is 13.2 Å². The van der Waals surface area contributed by atoms with Crippen molar-refractivity contribution in [1.29, 1.82) is 0 Å². The zero-order valence-corrected chi connectivity index (χ0v) is 12.2. The first-order valence-corrected chi connectivity index (χ1v) is 6.71. The number of anilines is 1. The molecule has 0 unspecified atom stereocenters. The maximum absolute atomic E-state index is 5.60. The molecule has 2 heterocycles. The smallest absolute Gasteiger partial charge is 0.213 e. The Morgan fingerprint density at radius 3 is 2.65 bits per heavy atom. The lowest BCUT2D eigenvalue weighted by molar-refractivity contribution is -0.247. The average Bonchev–Trinajstić information content (AvgIpc) is 2.43. The Kier molecular flexibility index (Phi) is 5.17. The predicted octanol–water partition coefficient (Wildman–Crippen LogP) is 1.67. The molecule has 0 aromatic carbocycles. The molecule has 1 saturated heterocycles. The lowest BCUT2D eigenvalue weighted by atomic mass is 10.2. The molecule has 0 aliphatic carbocycles. The highest BCUT2D eigenvalue weighted by atomic mass is 16.7. The topological polar surface area (TPSA) is 61.8 Å². The maximum Gasteiger partial charge on any atom is 0.213 e. The molecule has 0 spiro atoms. The van der Waals surface area contributed by atoms with Gasteiger partial charge < -0.3 is 24.3 Å². The number of aromatic nitrogens is 1. The Bertz CT molecular complexity index is 398. The van der Waals surface area contributed by atoms with E-state index in [0.29, 0.717) is 32.3 Å². The van der Waals surface area contributed by atoms with Crippen molar-refractivity contribution < 1.29 is 18.9 Å². The van der Waals surface area contributed by atoms with Crippen LogP contribution in [0.15, 0.2) is 18.3 Å². The van der Waals surface area contributed by atoms with Crippen LogP contribution >= 0.6 is 0 Å². The van der Waals surface area contributed by atoms with Crippen LogP contribution in [0.25, 0.3) is 0 Å². The summed E-state index contributed by atoms with van der Waals surface area (Å²) in [5.74, 6) is 0.0973. The standard InChI is InChI=1S/C14H22N2O4/c1-14(2)19-9-12(10-20-14)16-11-4-5-13(15-8-11)18-7-6-17-3/h4-5,8,12,16H,6-7,9-10H2,1-3H3. The van der Waals surface area contributed by atoms with E-state index in [0.717, 1.165) is 5.69 Å². The number of ether oxygens (including phenoxy) is 4. The molecule has 1 aliphatic heterocycles. The van der Waals surface area contributed by atoms with E-state index in [1.807, 2.05) is 26.0 Å². The number of rotatable bonds is 6. The van der Waals surface area contributed by atoms with Gasteiger partial charge in [-0.2, -0.15) is 0 Å². The summed E-state index contributed by atoms with van der Waals surface area (Å²) >= 11 is 0. The van der Waals surface area contributed by atoms with Crippen molar-refractivity contribution in [3.8, 4) is 5.88 Å². The largest absolute Gasteiger partial charge is 0.475 e. The van der Waals surface area contributed by atoms with E-state index < -0.39 is 5.79 Å². The highest BCUT2D eigenvalue weighted by molar-refractivity contribution is 5.43. The third-order valence-electron chi connectivity index (χ3n) is 2.91. The van der Waals surface area contributed by atoms with Crippen LogP contribution in [0.2, 0.25) is 0 Å². The van der Waals surface area contributed by atoms with Crippen LogP contribution in [-0.2, 0) is 14.2 Å². The minimum Gasteiger partial charge on any atom is -0.475 e. The molecular weight excluding hydrogens is 260 g/mol. The highest BCUT2D eigenvalue weighted by Crippen LogP contribution is 2.20. The molecule has 1 aromatic rings. The Morgan fingerprint density at radius 2 is 2.05 bits per heavy atom. The quantitative estimate of drug-likeness (QED) is 0.801. The Labute approximate surface area is 119 Å². The molecule has 1 N–H and O–H groups in total. The number of pyridine rings is 1. The van der Waals surface area contributed by atoms with Crippen molar-refractivity contribution in [2.24, 2.45) is 0 Å². The van der Waals surface area contributed by atoms with Gasteiger partial charge in [-0.1, -0.05) is 0 Å². The number of hydrogen-bond acceptors (Lipinski definition) is 6. The summed E-state index contributed by atoms with van der Waals surface area (Å²) in [5, 5.41) is 3.32. The summed E-state index contributed by atoms with van der Waals surface area (Å²) < 4.78 is 21.5. The van der Waals surface area contributed by atoms with Crippen molar-refractivity contribution in [1.82, 2.24) is 4.98 Å². The van der Waals surface area contributed by atoms with Gasteiger partial charge in [-0.15, -0.1) is 0 Å². The van der Waals surface area contributed by atoms with Crippen molar-refractivity contribution in [3.05, 3.63) is 18.3 Å². The third kappa shape index (κ3) is 4.63. The van der Waals surface area contributed by atoms with Gasteiger partial charge in [-0.3, -0.25) is 0 Å². The van der Waals surface area contributed by atoms with E-state index in [9.17, 15) is 0 Å². The summed E-state index contributed by atoms with van der Waals surface area (Å²) in [5.41, 5.74) is 0.918. The van der Waals surface area contributed by atoms with E-state index in [4.69, 9.17) is 18.9 Å². The minimum absolute atomic E-state index is 0.130. The second-order valence-corrected chi connectivity index (χ2v) is 5.09. The van der Waals surface area contributed by atoms with E-state index in [-0.39, 0.29) is 6.04 Å². The molecule has 6 nitrogen and oxygen atoms in total. The van der Waals surface area contributed by atoms with Crippen LogP contribution < -0.4 is 10.1 Å². The van der Waals surface area contributed by atoms with Crippen molar-refractivity contribution in [3.63, 3.8) is 0 Å². The molecule has 0 saturated carbocycles. The molecule has 0 atom stereocenters. The van der Waals surface area contributed by atoms with Crippen LogP contribution in [0.5, 0.6) is 5.88 Å². The fourth-order valence-corrected chi connectivity index (χ4v) is 1.79. The lowest BCUT2D eigenvalue weighted by Gasteiger charge is -2.35. The average molecular weight is 282 g/mol. The first-order chi connectivity index (χ1) is 9.59. The molecular formula is C14H22N2O4. The van der Waals surface area contributed by atoms with E-state index in [2.05, 4.69) is 10.3 Å². The molecule has 6 heteroatoms. The van der Waals surface area contributed by atoms with Gasteiger partial charge in [0.15, 0.2) is 5.79 Å². The second kappa shape index (κ2) is 6.88. The number of nitrogens with one attached hydrogen (secondary N) is 1. The van der Waals surface area contributed by atoms with Gasteiger partial charge in [-0.25, -0.2) is 4.98 Å². The monoisotopic (exact) mass is 282 g/mol. The molecule has 0 amide bonds. The van der Waals surface area contributed by atoms with E-state index in [1.165, 1.54) is 0 Å². The van der Waals surface area contributed by atoms with Crippen LogP contribution in [0.4, 0.5) is 5.69 Å². The van der Waals surface area contributed by atoms with Gasteiger partial charge >= 0.3 is 0 Å². The summed E-state index contributed by atoms with van der Waals surface area (Å²) in [6.07, 6.45) is 1.74. The van der Waals surface area contributed by atoms with Crippen LogP contribution in [-0.4, -0.2) is 50.4 Å². The molecule has 20 heavy (non-hydrogen) atoms. The predicted molar refractivity (Wildman–Crippen MR) is 75.0 cm³/mol. The zero-order valence-electron chi connectivity index (χ0n) is 12.2. The van der Waals surface area contributed by atoms with Crippen LogP contribution in [0.1, 0.15) is 13.8 Å². The third-order valence-corrected chi connectivity index (χ3v) is 2.91. The summed E-state index contributed by atoms with van der Waals surface area (Å²) in [6.45, 7) is 6.09. The summed E-state index contributed by atoms with van der Waals surface area (Å²) in [7, 11) is 1.64. The number of hydrogen-bond donors (Lipinski definition) is 1. The molecule has 112 valence electrons. The van der Waals surface area contributed by atoms with E-state index in [1.54, 1.807) is 13.3 Å². The molecule has 1 fully saturated rings. The first kappa shape index (κ1) is 15.0. The van der Waals surface area contributed by atoms with Gasteiger partial charge in [0.2, 0.25) is 5.88 Å². The summed E-state index contributed by atoms with van der Waals surface area (Å²) in [6, 6.07) is 3.88. The zero-order chi connectivity index (χ0) is 14.4. The van der Waals surface area contributed by atoms with E-state index >= 15 is 0 Å². The molecule has 0 bridgehead atoms. The van der Waals surface area contributed by atoms with Crippen molar-refractivity contribution in [2.75, 3.05) is 38.9 Å². The Morgan fingerprint density at radius 1 is 1.30 bits per heavy atom. The molecule has 1 aromatic heterocycles. The molecule has 2 rings (SSSR count). The second-order valence-electron chi connectivity index (χ2n) is 5.09. The lowest BCUT2D eigenvalue weighted by Crippen LogP contribution is -2.45. The SMILES string of the molecule is COCCOc1ccc(NC2COC(C)(C)OC2)cn1. The molecule has 0 radical (unpaired) electrons. The Balaban J connectivity index is 1.79. The van der Waals surface area contributed by atoms with Crippen LogP contribution in [0.3, 0.4) is 0 Å². The fraction of sp³-hybridized carbons (Fsp3) is 0.643. The first-order valence-electron chi connectivity index (χ1n) is 6.71. The van der Waals surface area contributed by atoms with Crippen LogP contribution in [0, 0.1) is 0 Å². The van der Waals surface area contributed by atoms with Gasteiger partial charge in [0.25, 0.3) is 0 Å². The summed E-state index contributed by atoms with van der Waals surface area (Å²) in [4.78, 5) is 4.22.